The normalized spacial score (nSPS) is 10.2. The average Bonchev–Trinajstić information content (AvgIpc) is 2.82. The van der Waals surface area contributed by atoms with Crippen molar-refractivity contribution in [1.82, 2.24) is 10.3 Å². The number of aromatic nitrogens is 1. The van der Waals surface area contributed by atoms with Gasteiger partial charge in [-0.2, -0.15) is 0 Å². The van der Waals surface area contributed by atoms with Crippen LogP contribution in [0.3, 0.4) is 0 Å². The number of carbonyl (C=O) groups is 1. The van der Waals surface area contributed by atoms with Gasteiger partial charge in [-0.15, -0.1) is 11.3 Å². The zero-order valence-electron chi connectivity index (χ0n) is 9.24. The molecule has 0 saturated heterocycles. The lowest BCUT2D eigenvalue weighted by Crippen LogP contribution is -2.23. The van der Waals surface area contributed by atoms with Gasteiger partial charge < -0.3 is 5.32 Å². The third-order valence-electron chi connectivity index (χ3n) is 2.25. The third-order valence-corrected chi connectivity index (χ3v) is 3.72. The number of carbonyl (C=O) groups excluding carboxylic acids is 1. The van der Waals surface area contributed by atoms with Crippen LogP contribution in [-0.2, 0) is 6.54 Å². The molecule has 88 valence electrons. The summed E-state index contributed by atoms with van der Waals surface area (Å²) in [6.07, 6.45) is 1.73. The maximum absolute atomic E-state index is 11.9. The molecule has 1 heterocycles. The van der Waals surface area contributed by atoms with Crippen molar-refractivity contribution in [1.29, 1.82) is 0 Å². The Balaban J connectivity index is 2.07. The molecule has 2 aromatic rings. The lowest BCUT2D eigenvalue weighted by Gasteiger charge is -2.06. The molecule has 0 bridgehead atoms. The largest absolute Gasteiger partial charge is 0.345 e. The Morgan fingerprint density at radius 3 is 3.06 bits per heavy atom. The van der Waals surface area contributed by atoms with Gasteiger partial charge in [0, 0.05) is 16.0 Å². The number of benzene rings is 1. The molecule has 1 aromatic carbocycles. The van der Waals surface area contributed by atoms with Crippen molar-refractivity contribution in [2.24, 2.45) is 0 Å². The van der Waals surface area contributed by atoms with Crippen molar-refractivity contribution in [2.45, 2.75) is 13.5 Å². The van der Waals surface area contributed by atoms with Crippen LogP contribution < -0.4 is 5.32 Å². The number of amides is 1. The summed E-state index contributed by atoms with van der Waals surface area (Å²) in [5.74, 6) is -0.0872. The summed E-state index contributed by atoms with van der Waals surface area (Å²) >= 11 is 4.91. The van der Waals surface area contributed by atoms with E-state index in [2.05, 4.69) is 26.2 Å². The van der Waals surface area contributed by atoms with Crippen LogP contribution in [0.1, 0.15) is 20.9 Å². The monoisotopic (exact) mass is 310 g/mol. The lowest BCUT2D eigenvalue weighted by atomic mass is 10.1. The van der Waals surface area contributed by atoms with Gasteiger partial charge in [0.05, 0.1) is 12.1 Å². The Kier molecular flexibility index (Phi) is 3.91. The minimum absolute atomic E-state index is 0.0872. The van der Waals surface area contributed by atoms with E-state index in [1.165, 1.54) is 11.3 Å². The smallest absolute Gasteiger partial charge is 0.252 e. The number of aryl methyl sites for hydroxylation is 1. The number of thiazole rings is 1. The molecule has 3 nitrogen and oxygen atoms in total. The highest BCUT2D eigenvalue weighted by Gasteiger charge is 2.10. The van der Waals surface area contributed by atoms with Gasteiger partial charge in [0.15, 0.2) is 0 Å². The molecule has 0 aliphatic carbocycles. The van der Waals surface area contributed by atoms with Crippen molar-refractivity contribution in [3.8, 4) is 0 Å². The Labute approximate surface area is 112 Å². The van der Waals surface area contributed by atoms with Gasteiger partial charge in [0.2, 0.25) is 0 Å². The number of rotatable bonds is 3. The second-order valence-corrected chi connectivity index (χ2v) is 5.43. The number of nitrogens with zero attached hydrogens (tertiary/aromatic N) is 1. The first-order chi connectivity index (χ1) is 8.16. The second kappa shape index (κ2) is 5.42. The number of hydrogen-bond donors (Lipinski definition) is 1. The first-order valence-corrected chi connectivity index (χ1v) is 6.77. The zero-order chi connectivity index (χ0) is 12.3. The van der Waals surface area contributed by atoms with Gasteiger partial charge >= 0.3 is 0 Å². The predicted octanol–water partition coefficient (Wildman–Crippen LogP) is 3.14. The molecule has 0 saturated carbocycles. The van der Waals surface area contributed by atoms with E-state index in [0.717, 1.165) is 15.0 Å². The quantitative estimate of drug-likeness (QED) is 0.946. The Morgan fingerprint density at radius 1 is 1.53 bits per heavy atom. The third kappa shape index (κ3) is 3.14. The number of nitrogens with one attached hydrogen (secondary N) is 1. The van der Waals surface area contributed by atoms with Crippen LogP contribution in [0, 0.1) is 6.92 Å². The van der Waals surface area contributed by atoms with E-state index in [1.54, 1.807) is 6.20 Å². The van der Waals surface area contributed by atoms with E-state index in [1.807, 2.05) is 30.5 Å². The minimum atomic E-state index is -0.0872. The molecule has 0 unspecified atom stereocenters. The maximum atomic E-state index is 11.9. The summed E-state index contributed by atoms with van der Waals surface area (Å²) in [4.78, 5) is 16.1. The predicted molar refractivity (Wildman–Crippen MR) is 72.2 cm³/mol. The second-order valence-electron chi connectivity index (χ2n) is 3.59. The van der Waals surface area contributed by atoms with Gasteiger partial charge in [-0.3, -0.25) is 4.79 Å². The zero-order valence-corrected chi connectivity index (χ0v) is 11.6. The van der Waals surface area contributed by atoms with Crippen LogP contribution in [-0.4, -0.2) is 10.9 Å². The first-order valence-electron chi connectivity index (χ1n) is 5.09. The molecule has 17 heavy (non-hydrogen) atoms. The highest BCUT2D eigenvalue weighted by atomic mass is 79.9. The topological polar surface area (TPSA) is 42.0 Å². The Bertz CT molecular complexity index is 525. The molecular formula is C12H11BrN2OS. The molecular weight excluding hydrogens is 300 g/mol. The number of hydrogen-bond acceptors (Lipinski definition) is 3. The molecule has 0 aliphatic heterocycles. The van der Waals surface area contributed by atoms with Crippen molar-refractivity contribution in [3.63, 3.8) is 0 Å². The van der Waals surface area contributed by atoms with Crippen molar-refractivity contribution < 1.29 is 4.79 Å². The summed E-state index contributed by atoms with van der Waals surface area (Å²) in [5.41, 5.74) is 1.72. The lowest BCUT2D eigenvalue weighted by molar-refractivity contribution is 0.0950. The van der Waals surface area contributed by atoms with Gasteiger partial charge in [0.25, 0.3) is 5.91 Å². The SMILES string of the molecule is Cc1ccc(Br)c(C(=O)NCc2nccs2)c1. The highest BCUT2D eigenvalue weighted by Crippen LogP contribution is 2.18. The van der Waals surface area contributed by atoms with Crippen LogP contribution in [0.25, 0.3) is 0 Å². The standard InChI is InChI=1S/C12H11BrN2OS/c1-8-2-3-10(13)9(6-8)12(16)15-7-11-14-4-5-17-11/h2-6H,7H2,1H3,(H,15,16). The molecule has 0 spiro atoms. The molecule has 0 atom stereocenters. The van der Waals surface area contributed by atoms with Crippen LogP contribution in [0.4, 0.5) is 0 Å². The van der Waals surface area contributed by atoms with E-state index >= 15 is 0 Å². The van der Waals surface area contributed by atoms with E-state index < -0.39 is 0 Å². The molecule has 5 heteroatoms. The molecule has 1 aromatic heterocycles. The van der Waals surface area contributed by atoms with E-state index in [9.17, 15) is 4.79 Å². The fourth-order valence-corrected chi connectivity index (χ4v) is 2.39. The summed E-state index contributed by atoms with van der Waals surface area (Å²) in [6.45, 7) is 2.43. The summed E-state index contributed by atoms with van der Waals surface area (Å²) in [7, 11) is 0. The van der Waals surface area contributed by atoms with E-state index in [-0.39, 0.29) is 5.91 Å². The van der Waals surface area contributed by atoms with Crippen LogP contribution in [0.15, 0.2) is 34.2 Å². The fourth-order valence-electron chi connectivity index (χ4n) is 1.40. The summed E-state index contributed by atoms with van der Waals surface area (Å²) in [6, 6.07) is 5.70. The van der Waals surface area contributed by atoms with Gasteiger partial charge in [-0.05, 0) is 35.0 Å². The van der Waals surface area contributed by atoms with Crippen molar-refractivity contribution in [3.05, 3.63) is 50.4 Å². The van der Waals surface area contributed by atoms with Crippen LogP contribution >= 0.6 is 27.3 Å². The molecule has 1 amide bonds. The minimum Gasteiger partial charge on any atom is -0.345 e. The van der Waals surface area contributed by atoms with E-state index in [4.69, 9.17) is 0 Å². The van der Waals surface area contributed by atoms with Crippen molar-refractivity contribution >= 4 is 33.2 Å². The van der Waals surface area contributed by atoms with Crippen LogP contribution in [0.5, 0.6) is 0 Å². The summed E-state index contributed by atoms with van der Waals surface area (Å²) < 4.78 is 0.805. The Hall–Kier alpha value is -1.20. The molecule has 2 rings (SSSR count). The first kappa shape index (κ1) is 12.3. The van der Waals surface area contributed by atoms with Crippen LogP contribution in [0.2, 0.25) is 0 Å². The molecule has 1 N–H and O–H groups in total. The number of halogens is 1. The van der Waals surface area contributed by atoms with Gasteiger partial charge in [0.1, 0.15) is 5.01 Å². The summed E-state index contributed by atoms with van der Waals surface area (Å²) in [5, 5.41) is 5.65. The molecule has 0 aliphatic rings. The maximum Gasteiger partial charge on any atom is 0.252 e. The molecule has 0 fully saturated rings. The van der Waals surface area contributed by atoms with E-state index in [0.29, 0.717) is 12.1 Å². The van der Waals surface area contributed by atoms with Crippen molar-refractivity contribution in [2.75, 3.05) is 0 Å². The van der Waals surface area contributed by atoms with Gasteiger partial charge in [-0.1, -0.05) is 11.6 Å². The Morgan fingerprint density at radius 2 is 2.35 bits per heavy atom. The molecule has 0 radical (unpaired) electrons. The van der Waals surface area contributed by atoms with Gasteiger partial charge in [-0.25, -0.2) is 4.98 Å². The average molecular weight is 311 g/mol. The highest BCUT2D eigenvalue weighted by molar-refractivity contribution is 9.10. The fraction of sp³-hybridized carbons (Fsp3) is 0.167.